The van der Waals surface area contributed by atoms with Crippen molar-refractivity contribution in [3.8, 4) is 0 Å². The zero-order chi connectivity index (χ0) is 13.2. The van der Waals surface area contributed by atoms with E-state index in [1.165, 1.54) is 29.9 Å². The van der Waals surface area contributed by atoms with Crippen molar-refractivity contribution >= 4 is 27.3 Å². The average Bonchev–Trinajstić information content (AvgIpc) is 3.01. The molecule has 100 valence electrons. The molecule has 5 nitrogen and oxygen atoms in total. The Hall–Kier alpha value is -0.920. The summed E-state index contributed by atoms with van der Waals surface area (Å²) in [6.45, 7) is 0. The van der Waals surface area contributed by atoms with Crippen LogP contribution in [0.1, 0.15) is 25.7 Å². The lowest BCUT2D eigenvalue weighted by Crippen LogP contribution is -2.48. The topological polar surface area (TPSA) is 72.5 Å². The van der Waals surface area contributed by atoms with Gasteiger partial charge in [0.1, 0.15) is 5.60 Å². The Bertz CT molecular complexity index is 515. The molecule has 0 unspecified atom stereocenters. The van der Waals surface area contributed by atoms with Crippen molar-refractivity contribution in [2.24, 2.45) is 0 Å². The molecular weight excluding hydrogens is 274 g/mol. The van der Waals surface area contributed by atoms with Crippen LogP contribution in [-0.4, -0.2) is 27.0 Å². The van der Waals surface area contributed by atoms with Gasteiger partial charge in [-0.15, -0.1) is 0 Å². The predicted molar refractivity (Wildman–Crippen MR) is 67.9 cm³/mol. The molecule has 1 aliphatic carbocycles. The number of methoxy groups -OCH3 is 1. The molecule has 1 fully saturated rings. The van der Waals surface area contributed by atoms with E-state index in [1.54, 1.807) is 5.38 Å². The molecule has 7 heteroatoms. The van der Waals surface area contributed by atoms with Gasteiger partial charge in [0.05, 0.1) is 4.90 Å². The van der Waals surface area contributed by atoms with Gasteiger partial charge in [0.2, 0.25) is 0 Å². The molecule has 2 rings (SSSR count). The SMILES string of the molecule is COC1(C(=O)NS(=O)(=O)c2ccsc2)CCCC1. The van der Waals surface area contributed by atoms with Crippen LogP contribution in [0.15, 0.2) is 21.7 Å². The normalized spacial score (nSPS) is 18.7. The lowest BCUT2D eigenvalue weighted by Gasteiger charge is -2.25. The number of ether oxygens (including phenoxy) is 1. The highest BCUT2D eigenvalue weighted by molar-refractivity contribution is 7.90. The standard InChI is InChI=1S/C11H15NO4S2/c1-16-11(5-2-3-6-11)10(13)12-18(14,15)9-4-7-17-8-9/h4,7-8H,2-3,5-6H2,1H3,(H,12,13). The van der Waals surface area contributed by atoms with E-state index < -0.39 is 21.5 Å². The summed E-state index contributed by atoms with van der Waals surface area (Å²) in [7, 11) is -2.32. The predicted octanol–water partition coefficient (Wildman–Crippen LogP) is 1.51. The van der Waals surface area contributed by atoms with Gasteiger partial charge in [-0.2, -0.15) is 11.3 Å². The number of hydrogen-bond acceptors (Lipinski definition) is 5. The number of rotatable bonds is 4. The van der Waals surface area contributed by atoms with Crippen LogP contribution < -0.4 is 4.72 Å². The van der Waals surface area contributed by atoms with Crippen LogP contribution in [-0.2, 0) is 19.6 Å². The van der Waals surface area contributed by atoms with E-state index in [-0.39, 0.29) is 4.90 Å². The first kappa shape index (κ1) is 13.5. The molecular formula is C11H15NO4S2. The van der Waals surface area contributed by atoms with Crippen LogP contribution >= 0.6 is 11.3 Å². The van der Waals surface area contributed by atoms with Crippen LogP contribution in [0.5, 0.6) is 0 Å². The van der Waals surface area contributed by atoms with Gasteiger partial charge >= 0.3 is 0 Å². The smallest absolute Gasteiger partial charge is 0.265 e. The zero-order valence-electron chi connectivity index (χ0n) is 10.0. The third-order valence-corrected chi connectivity index (χ3v) is 5.41. The first-order chi connectivity index (χ1) is 8.50. The summed E-state index contributed by atoms with van der Waals surface area (Å²) in [4.78, 5) is 12.2. The number of nitrogens with one attached hydrogen (secondary N) is 1. The largest absolute Gasteiger partial charge is 0.368 e. The molecule has 1 aromatic heterocycles. The molecule has 1 amide bonds. The summed E-state index contributed by atoms with van der Waals surface area (Å²) in [5.74, 6) is -0.561. The highest BCUT2D eigenvalue weighted by atomic mass is 32.2. The van der Waals surface area contributed by atoms with E-state index in [1.807, 2.05) is 0 Å². The second-order valence-corrected chi connectivity index (χ2v) is 6.76. The average molecular weight is 289 g/mol. The first-order valence-electron chi connectivity index (χ1n) is 5.65. The van der Waals surface area contributed by atoms with E-state index in [4.69, 9.17) is 4.74 Å². The van der Waals surface area contributed by atoms with Crippen molar-refractivity contribution in [3.05, 3.63) is 16.8 Å². The van der Waals surface area contributed by atoms with Gasteiger partial charge in [0.25, 0.3) is 15.9 Å². The fraction of sp³-hybridized carbons (Fsp3) is 0.545. The quantitative estimate of drug-likeness (QED) is 0.912. The third kappa shape index (κ3) is 2.43. The van der Waals surface area contributed by atoms with Crippen LogP contribution in [0.4, 0.5) is 0 Å². The highest BCUT2D eigenvalue weighted by Crippen LogP contribution is 2.33. The fourth-order valence-corrected chi connectivity index (χ4v) is 4.22. The number of carbonyl (C=O) groups is 1. The maximum absolute atomic E-state index is 12.1. The Kier molecular flexibility index (Phi) is 3.74. The summed E-state index contributed by atoms with van der Waals surface area (Å²) in [6, 6.07) is 1.47. The van der Waals surface area contributed by atoms with Crippen molar-refractivity contribution in [1.29, 1.82) is 0 Å². The van der Waals surface area contributed by atoms with Crippen molar-refractivity contribution < 1.29 is 17.9 Å². The van der Waals surface area contributed by atoms with Gasteiger partial charge in [-0.3, -0.25) is 4.79 Å². The molecule has 0 aromatic carbocycles. The van der Waals surface area contributed by atoms with Gasteiger partial charge < -0.3 is 4.74 Å². The van der Waals surface area contributed by atoms with E-state index in [0.717, 1.165) is 12.8 Å². The molecule has 0 spiro atoms. The first-order valence-corrected chi connectivity index (χ1v) is 8.07. The Morgan fingerprint density at radius 2 is 2.11 bits per heavy atom. The maximum atomic E-state index is 12.1. The van der Waals surface area contributed by atoms with Gasteiger partial charge in [-0.05, 0) is 37.1 Å². The molecule has 0 aliphatic heterocycles. The van der Waals surface area contributed by atoms with Gasteiger partial charge in [0, 0.05) is 12.5 Å². The molecule has 1 aliphatic rings. The van der Waals surface area contributed by atoms with Crippen LogP contribution in [0.3, 0.4) is 0 Å². The van der Waals surface area contributed by atoms with Crippen LogP contribution in [0, 0.1) is 0 Å². The van der Waals surface area contributed by atoms with E-state index in [0.29, 0.717) is 12.8 Å². The van der Waals surface area contributed by atoms with E-state index >= 15 is 0 Å². The van der Waals surface area contributed by atoms with E-state index in [9.17, 15) is 13.2 Å². The van der Waals surface area contributed by atoms with Crippen LogP contribution in [0.2, 0.25) is 0 Å². The van der Waals surface area contributed by atoms with Crippen LogP contribution in [0.25, 0.3) is 0 Å². The Morgan fingerprint density at radius 3 is 2.61 bits per heavy atom. The molecule has 1 saturated carbocycles. The number of amides is 1. The Balaban J connectivity index is 2.17. The number of thiophene rings is 1. The van der Waals surface area contributed by atoms with E-state index in [2.05, 4.69) is 4.72 Å². The molecule has 0 saturated heterocycles. The van der Waals surface area contributed by atoms with Crippen molar-refractivity contribution in [3.63, 3.8) is 0 Å². The highest BCUT2D eigenvalue weighted by Gasteiger charge is 2.43. The second-order valence-electron chi connectivity index (χ2n) is 4.30. The Labute approximate surface area is 110 Å². The number of sulfonamides is 1. The third-order valence-electron chi connectivity index (χ3n) is 3.25. The minimum absolute atomic E-state index is 0.116. The number of hydrogen-bond donors (Lipinski definition) is 1. The molecule has 1 N–H and O–H groups in total. The summed E-state index contributed by atoms with van der Waals surface area (Å²) >= 11 is 1.27. The lowest BCUT2D eigenvalue weighted by atomic mass is 10.0. The molecule has 0 radical (unpaired) electrons. The Morgan fingerprint density at radius 1 is 1.44 bits per heavy atom. The minimum Gasteiger partial charge on any atom is -0.368 e. The van der Waals surface area contributed by atoms with Gasteiger partial charge in [-0.1, -0.05) is 0 Å². The summed E-state index contributed by atoms with van der Waals surface area (Å²) in [5.41, 5.74) is -0.983. The van der Waals surface area contributed by atoms with Crippen molar-refractivity contribution in [2.45, 2.75) is 36.2 Å². The fourth-order valence-electron chi connectivity index (χ4n) is 2.15. The lowest BCUT2D eigenvalue weighted by molar-refractivity contribution is -0.140. The summed E-state index contributed by atoms with van der Waals surface area (Å²) in [6.07, 6.45) is 2.88. The zero-order valence-corrected chi connectivity index (χ0v) is 11.6. The summed E-state index contributed by atoms with van der Waals surface area (Å²) < 4.78 is 31.2. The monoisotopic (exact) mass is 289 g/mol. The maximum Gasteiger partial charge on any atom is 0.265 e. The molecule has 0 bridgehead atoms. The molecule has 1 aromatic rings. The molecule has 1 heterocycles. The summed E-state index contributed by atoms with van der Waals surface area (Å²) in [5, 5.41) is 3.14. The molecule has 0 atom stereocenters. The van der Waals surface area contributed by atoms with Crippen molar-refractivity contribution in [2.75, 3.05) is 7.11 Å². The minimum atomic E-state index is -3.77. The number of carbonyl (C=O) groups excluding carboxylic acids is 1. The van der Waals surface area contributed by atoms with Gasteiger partial charge in [0.15, 0.2) is 0 Å². The second kappa shape index (κ2) is 4.99. The van der Waals surface area contributed by atoms with Crippen molar-refractivity contribution in [1.82, 2.24) is 4.72 Å². The van der Waals surface area contributed by atoms with Gasteiger partial charge in [-0.25, -0.2) is 13.1 Å². The molecule has 18 heavy (non-hydrogen) atoms.